The first-order chi connectivity index (χ1) is 13.9. The highest BCUT2D eigenvalue weighted by Gasteiger charge is 2.53. The number of esters is 1. The molecule has 8 nitrogen and oxygen atoms in total. The molecule has 4 amide bonds. The van der Waals surface area contributed by atoms with Crippen LogP contribution in [0.4, 0.5) is 9.18 Å². The van der Waals surface area contributed by atoms with E-state index < -0.39 is 47.8 Å². The third kappa shape index (κ3) is 3.94. The van der Waals surface area contributed by atoms with Crippen LogP contribution in [0, 0.1) is 5.82 Å². The summed E-state index contributed by atoms with van der Waals surface area (Å²) in [7, 11) is 0. The molecule has 2 aliphatic carbocycles. The minimum Gasteiger partial charge on any atom is -0.446 e. The lowest BCUT2D eigenvalue weighted by Gasteiger charge is -2.21. The topological polar surface area (TPSA) is 105 Å². The van der Waals surface area contributed by atoms with E-state index in [1.807, 2.05) is 0 Å². The summed E-state index contributed by atoms with van der Waals surface area (Å²) in [4.78, 5) is 50.8. The van der Waals surface area contributed by atoms with E-state index in [1.54, 1.807) is 0 Å². The van der Waals surface area contributed by atoms with Crippen molar-refractivity contribution in [3.8, 4) is 0 Å². The van der Waals surface area contributed by atoms with Gasteiger partial charge >= 0.3 is 12.0 Å². The Morgan fingerprint density at radius 2 is 1.86 bits per heavy atom. The van der Waals surface area contributed by atoms with Crippen LogP contribution in [0.3, 0.4) is 0 Å². The Balaban J connectivity index is 1.46. The van der Waals surface area contributed by atoms with Gasteiger partial charge in [0.15, 0.2) is 0 Å². The van der Waals surface area contributed by atoms with Gasteiger partial charge in [-0.2, -0.15) is 0 Å². The van der Waals surface area contributed by atoms with Gasteiger partial charge in [-0.1, -0.05) is 25.0 Å². The van der Waals surface area contributed by atoms with Crippen molar-refractivity contribution in [1.82, 2.24) is 15.5 Å². The van der Waals surface area contributed by atoms with Crippen LogP contribution in [0.5, 0.6) is 0 Å². The molecule has 29 heavy (non-hydrogen) atoms. The average Bonchev–Trinajstić information content (AvgIpc) is 3.32. The largest absolute Gasteiger partial charge is 0.446 e. The third-order valence-corrected chi connectivity index (χ3v) is 5.57. The molecule has 2 saturated carbocycles. The number of halogens is 1. The smallest absolute Gasteiger partial charge is 0.327 e. The number of carbonyl (C=O) groups is 4. The first-order valence-electron chi connectivity index (χ1n) is 9.77. The van der Waals surface area contributed by atoms with E-state index in [4.69, 9.17) is 4.74 Å². The van der Waals surface area contributed by atoms with E-state index in [0.717, 1.165) is 30.6 Å². The van der Waals surface area contributed by atoms with Crippen molar-refractivity contribution in [3.63, 3.8) is 0 Å². The summed E-state index contributed by atoms with van der Waals surface area (Å²) in [5, 5.41) is 5.45. The van der Waals surface area contributed by atoms with Crippen molar-refractivity contribution in [2.24, 2.45) is 0 Å². The number of benzene rings is 1. The molecule has 0 radical (unpaired) electrons. The molecule has 2 N–H and O–H groups in total. The number of nitrogens with zero attached hydrogens (tertiary/aromatic N) is 1. The Labute approximate surface area is 166 Å². The number of urea groups is 1. The van der Waals surface area contributed by atoms with Gasteiger partial charge in [0, 0.05) is 11.6 Å². The van der Waals surface area contributed by atoms with Crippen molar-refractivity contribution in [1.29, 1.82) is 0 Å². The lowest BCUT2D eigenvalue weighted by atomic mass is 9.98. The molecule has 1 unspecified atom stereocenters. The molecule has 1 aromatic carbocycles. The van der Waals surface area contributed by atoms with Gasteiger partial charge in [-0.05, 0) is 37.8 Å². The zero-order chi connectivity index (χ0) is 20.6. The van der Waals surface area contributed by atoms with Crippen molar-refractivity contribution in [3.05, 3.63) is 35.6 Å². The molecule has 1 saturated heterocycles. The van der Waals surface area contributed by atoms with E-state index in [-0.39, 0.29) is 6.04 Å². The van der Waals surface area contributed by atoms with Crippen LogP contribution in [0.2, 0.25) is 0 Å². The maximum atomic E-state index is 13.2. The van der Waals surface area contributed by atoms with Gasteiger partial charge in [0.2, 0.25) is 6.10 Å². The van der Waals surface area contributed by atoms with Gasteiger partial charge in [0.1, 0.15) is 17.9 Å². The standard InChI is InChI=1S/C20H22FN3O5/c21-13-5-3-12(4-6-13)16(17(26)22-14-7-8-14)29-15(25)11-24-18(27)20(23-19(24)28)9-1-2-10-20/h3-6,14,16H,1-2,7-11H2,(H,22,26)(H,23,28). The molecule has 154 valence electrons. The molecule has 9 heteroatoms. The van der Waals surface area contributed by atoms with Crippen molar-refractivity contribution >= 4 is 23.8 Å². The number of rotatable bonds is 6. The fourth-order valence-electron chi connectivity index (χ4n) is 3.85. The van der Waals surface area contributed by atoms with Crippen LogP contribution < -0.4 is 10.6 Å². The zero-order valence-corrected chi connectivity index (χ0v) is 15.8. The first kappa shape index (κ1) is 19.4. The van der Waals surface area contributed by atoms with Gasteiger partial charge in [-0.15, -0.1) is 0 Å². The van der Waals surface area contributed by atoms with Crippen LogP contribution in [-0.4, -0.2) is 46.8 Å². The van der Waals surface area contributed by atoms with Gasteiger partial charge < -0.3 is 15.4 Å². The molecule has 1 spiro atoms. The van der Waals surface area contributed by atoms with Crippen LogP contribution in [0.15, 0.2) is 24.3 Å². The predicted molar refractivity (Wildman–Crippen MR) is 97.8 cm³/mol. The number of hydrogen-bond donors (Lipinski definition) is 2. The molecule has 0 bridgehead atoms. The lowest BCUT2D eigenvalue weighted by Crippen LogP contribution is -2.44. The van der Waals surface area contributed by atoms with E-state index >= 15 is 0 Å². The highest BCUT2D eigenvalue weighted by molar-refractivity contribution is 6.08. The molecule has 3 fully saturated rings. The SMILES string of the molecule is O=C(CN1C(=O)NC2(CCCC2)C1=O)OC(C(=O)NC1CC1)c1ccc(F)cc1. The number of hydrogen-bond acceptors (Lipinski definition) is 5. The second-order valence-electron chi connectivity index (χ2n) is 7.81. The molecular formula is C20H22FN3O5. The Kier molecular flexibility index (Phi) is 4.97. The van der Waals surface area contributed by atoms with Crippen LogP contribution in [-0.2, 0) is 19.1 Å². The maximum absolute atomic E-state index is 13.2. The minimum atomic E-state index is -1.29. The Bertz CT molecular complexity index is 846. The molecule has 4 rings (SSSR count). The molecule has 1 aliphatic heterocycles. The monoisotopic (exact) mass is 403 g/mol. The quantitative estimate of drug-likeness (QED) is 0.554. The predicted octanol–water partition coefficient (Wildman–Crippen LogP) is 1.55. The summed E-state index contributed by atoms with van der Waals surface area (Å²) in [5.41, 5.74) is -0.612. The number of carbonyl (C=O) groups excluding carboxylic acids is 4. The molecule has 0 aromatic heterocycles. The molecule has 1 atom stereocenters. The highest BCUT2D eigenvalue weighted by Crippen LogP contribution is 2.35. The lowest BCUT2D eigenvalue weighted by molar-refractivity contribution is -0.158. The summed E-state index contributed by atoms with van der Waals surface area (Å²) in [6.45, 7) is -0.583. The van der Waals surface area contributed by atoms with Crippen molar-refractivity contribution in [2.75, 3.05) is 6.54 Å². The summed E-state index contributed by atoms with van der Waals surface area (Å²) < 4.78 is 18.6. The second kappa shape index (κ2) is 7.46. The summed E-state index contributed by atoms with van der Waals surface area (Å²) in [5.74, 6) is -2.32. The molecular weight excluding hydrogens is 381 g/mol. The van der Waals surface area contributed by atoms with Crippen LogP contribution in [0.25, 0.3) is 0 Å². The van der Waals surface area contributed by atoms with Gasteiger partial charge in [-0.25, -0.2) is 9.18 Å². The zero-order valence-electron chi connectivity index (χ0n) is 15.8. The van der Waals surface area contributed by atoms with Gasteiger partial charge in [-0.3, -0.25) is 19.3 Å². The number of amides is 4. The molecule has 1 heterocycles. The first-order valence-corrected chi connectivity index (χ1v) is 9.77. The maximum Gasteiger partial charge on any atom is 0.327 e. The van der Waals surface area contributed by atoms with Crippen LogP contribution >= 0.6 is 0 Å². The Morgan fingerprint density at radius 1 is 1.21 bits per heavy atom. The molecule has 3 aliphatic rings. The fraction of sp³-hybridized carbons (Fsp3) is 0.500. The summed E-state index contributed by atoms with van der Waals surface area (Å²) in [6.07, 6.45) is 3.16. The third-order valence-electron chi connectivity index (χ3n) is 5.57. The minimum absolute atomic E-state index is 0.0392. The fourth-order valence-corrected chi connectivity index (χ4v) is 3.85. The van der Waals surface area contributed by atoms with E-state index in [9.17, 15) is 23.6 Å². The number of imide groups is 1. The summed E-state index contributed by atoms with van der Waals surface area (Å²) in [6, 6.07) is 4.47. The second-order valence-corrected chi connectivity index (χ2v) is 7.81. The van der Waals surface area contributed by atoms with Crippen molar-refractivity contribution in [2.45, 2.75) is 56.2 Å². The van der Waals surface area contributed by atoms with E-state index in [2.05, 4.69) is 10.6 Å². The van der Waals surface area contributed by atoms with E-state index in [0.29, 0.717) is 18.4 Å². The Hall–Kier alpha value is -2.97. The van der Waals surface area contributed by atoms with Crippen LogP contribution in [0.1, 0.15) is 50.2 Å². The molecule has 1 aromatic rings. The normalized spacial score (nSPS) is 21.2. The summed E-state index contributed by atoms with van der Waals surface area (Å²) >= 11 is 0. The number of ether oxygens (including phenoxy) is 1. The van der Waals surface area contributed by atoms with Gasteiger partial charge in [0.05, 0.1) is 0 Å². The average molecular weight is 403 g/mol. The Morgan fingerprint density at radius 3 is 2.48 bits per heavy atom. The highest BCUT2D eigenvalue weighted by atomic mass is 19.1. The number of nitrogens with one attached hydrogen (secondary N) is 2. The van der Waals surface area contributed by atoms with E-state index in [1.165, 1.54) is 24.3 Å². The van der Waals surface area contributed by atoms with Gasteiger partial charge in [0.25, 0.3) is 11.8 Å². The van der Waals surface area contributed by atoms with Crippen molar-refractivity contribution < 1.29 is 28.3 Å².